The number of benzene rings is 2. The summed E-state index contributed by atoms with van der Waals surface area (Å²) < 4.78 is 5.07. The van der Waals surface area contributed by atoms with Crippen molar-refractivity contribution in [2.45, 2.75) is 19.8 Å². The zero-order valence-electron chi connectivity index (χ0n) is 14.6. The van der Waals surface area contributed by atoms with E-state index < -0.39 is 0 Å². The summed E-state index contributed by atoms with van der Waals surface area (Å²) in [5, 5.41) is 7.29. The highest BCUT2D eigenvalue weighted by Crippen LogP contribution is 2.13. The lowest BCUT2D eigenvalue weighted by atomic mass is 10.1. The zero-order chi connectivity index (χ0) is 18.9. The van der Waals surface area contributed by atoms with Gasteiger partial charge in [-0.1, -0.05) is 23.7 Å². The minimum Gasteiger partial charge on any atom is -0.497 e. The number of nitrogens with one attached hydrogen (secondary N) is 2. The fourth-order valence-corrected chi connectivity index (χ4v) is 2.26. The summed E-state index contributed by atoms with van der Waals surface area (Å²) in [5.74, 6) is 0.250. The molecule has 2 N–H and O–H groups in total. The number of rotatable bonds is 7. The minimum absolute atomic E-state index is 0.0748. The smallest absolute Gasteiger partial charge is 0.244 e. The third-order valence-electron chi connectivity index (χ3n) is 3.44. The average molecular weight is 374 g/mol. The van der Waals surface area contributed by atoms with Crippen LogP contribution in [0.5, 0.6) is 5.75 Å². The Morgan fingerprint density at radius 1 is 1.04 bits per heavy atom. The average Bonchev–Trinajstić information content (AvgIpc) is 2.62. The first-order chi connectivity index (χ1) is 12.5. The van der Waals surface area contributed by atoms with Crippen molar-refractivity contribution < 1.29 is 14.3 Å². The van der Waals surface area contributed by atoms with Crippen LogP contribution in [0.3, 0.4) is 0 Å². The lowest BCUT2D eigenvalue weighted by Gasteiger charge is -2.06. The Bertz CT molecular complexity index is 787. The number of anilines is 1. The molecule has 0 bridgehead atoms. The number of carbonyl (C=O) groups is 2. The van der Waals surface area contributed by atoms with Crippen LogP contribution >= 0.6 is 11.6 Å². The van der Waals surface area contributed by atoms with Crippen LogP contribution in [-0.4, -0.2) is 24.6 Å². The molecule has 0 saturated carbocycles. The van der Waals surface area contributed by atoms with E-state index in [0.717, 1.165) is 11.3 Å². The highest BCUT2D eigenvalue weighted by molar-refractivity contribution is 6.30. The Hall–Kier alpha value is -2.86. The number of ether oxygens (including phenoxy) is 1. The Labute approximate surface area is 157 Å². The summed E-state index contributed by atoms with van der Waals surface area (Å²) in [6.07, 6.45) is 0.267. The summed E-state index contributed by atoms with van der Waals surface area (Å²) in [5.41, 5.74) is 4.45. The van der Waals surface area contributed by atoms with Crippen molar-refractivity contribution in [3.63, 3.8) is 0 Å². The molecular weight excluding hydrogens is 354 g/mol. The molecule has 0 heterocycles. The highest BCUT2D eigenvalue weighted by Gasteiger charge is 2.06. The molecule has 0 unspecified atom stereocenters. The second kappa shape index (κ2) is 9.58. The predicted octanol–water partition coefficient (Wildman–Crippen LogP) is 3.41. The molecule has 0 fully saturated rings. The summed E-state index contributed by atoms with van der Waals surface area (Å²) in [7, 11) is 1.59. The number of hydrogen-bond acceptors (Lipinski definition) is 4. The van der Waals surface area contributed by atoms with Gasteiger partial charge in [0, 0.05) is 16.4 Å². The van der Waals surface area contributed by atoms with Gasteiger partial charge in [0.15, 0.2) is 0 Å². The van der Waals surface area contributed by atoms with E-state index in [1.165, 1.54) is 0 Å². The van der Waals surface area contributed by atoms with E-state index in [9.17, 15) is 9.59 Å². The first kappa shape index (κ1) is 19.5. The number of nitrogens with zero attached hydrogens (tertiary/aromatic N) is 1. The Morgan fingerprint density at radius 2 is 1.69 bits per heavy atom. The van der Waals surface area contributed by atoms with E-state index in [2.05, 4.69) is 15.8 Å². The van der Waals surface area contributed by atoms with E-state index in [-0.39, 0.29) is 24.7 Å². The number of methoxy groups -OCH3 is 1. The molecule has 2 rings (SSSR count). The number of carbonyl (C=O) groups excluding carboxylic acids is 2. The topological polar surface area (TPSA) is 79.8 Å². The van der Waals surface area contributed by atoms with Gasteiger partial charge in [-0.15, -0.1) is 0 Å². The Morgan fingerprint density at radius 3 is 2.31 bits per heavy atom. The van der Waals surface area contributed by atoms with Crippen LogP contribution in [0.4, 0.5) is 5.69 Å². The zero-order valence-corrected chi connectivity index (χ0v) is 15.3. The summed E-state index contributed by atoms with van der Waals surface area (Å²) in [4.78, 5) is 23.9. The standard InChI is InChI=1S/C19H20ClN3O3/c1-13(11-18(24)21-16-7-5-15(20)6-8-16)22-23-19(25)12-14-3-9-17(26-2)10-4-14/h3-10H,11-12H2,1-2H3,(H,21,24)(H,23,25)/b22-13-. The molecule has 136 valence electrons. The first-order valence-corrected chi connectivity index (χ1v) is 8.34. The van der Waals surface area contributed by atoms with Gasteiger partial charge in [0.25, 0.3) is 0 Å². The van der Waals surface area contributed by atoms with Gasteiger partial charge in [0.2, 0.25) is 11.8 Å². The third kappa shape index (κ3) is 6.57. The lowest BCUT2D eigenvalue weighted by molar-refractivity contribution is -0.120. The third-order valence-corrected chi connectivity index (χ3v) is 3.69. The molecule has 7 heteroatoms. The molecular formula is C19H20ClN3O3. The van der Waals surface area contributed by atoms with Crippen LogP contribution in [0, 0.1) is 0 Å². The maximum absolute atomic E-state index is 12.0. The fourth-order valence-electron chi connectivity index (χ4n) is 2.14. The van der Waals surface area contributed by atoms with E-state index in [1.807, 2.05) is 12.1 Å². The number of hydrogen-bond donors (Lipinski definition) is 2. The first-order valence-electron chi connectivity index (χ1n) is 7.96. The van der Waals surface area contributed by atoms with Crippen molar-refractivity contribution in [2.75, 3.05) is 12.4 Å². The van der Waals surface area contributed by atoms with Crippen LogP contribution in [-0.2, 0) is 16.0 Å². The number of amides is 2. The molecule has 0 spiro atoms. The normalized spacial score (nSPS) is 11.0. The molecule has 0 radical (unpaired) electrons. The summed E-state index contributed by atoms with van der Waals surface area (Å²) in [6, 6.07) is 14.0. The van der Waals surface area contributed by atoms with Gasteiger partial charge in [-0.3, -0.25) is 9.59 Å². The van der Waals surface area contributed by atoms with Gasteiger partial charge in [-0.25, -0.2) is 5.43 Å². The molecule has 2 aromatic carbocycles. The van der Waals surface area contributed by atoms with Gasteiger partial charge >= 0.3 is 0 Å². The molecule has 2 amide bonds. The van der Waals surface area contributed by atoms with Crippen LogP contribution < -0.4 is 15.5 Å². The largest absolute Gasteiger partial charge is 0.497 e. The van der Waals surface area contributed by atoms with E-state index in [4.69, 9.17) is 16.3 Å². The molecule has 0 aliphatic rings. The fraction of sp³-hybridized carbons (Fsp3) is 0.211. The lowest BCUT2D eigenvalue weighted by Crippen LogP contribution is -2.22. The van der Waals surface area contributed by atoms with Gasteiger partial charge in [0.05, 0.1) is 20.0 Å². The van der Waals surface area contributed by atoms with Gasteiger partial charge < -0.3 is 10.1 Å². The second-order valence-electron chi connectivity index (χ2n) is 5.64. The van der Waals surface area contributed by atoms with Crippen molar-refractivity contribution in [3.8, 4) is 5.75 Å². The molecule has 0 aromatic heterocycles. The molecule has 0 atom stereocenters. The Balaban J connectivity index is 1.79. The van der Waals surface area contributed by atoms with E-state index >= 15 is 0 Å². The van der Waals surface area contributed by atoms with E-state index in [0.29, 0.717) is 16.4 Å². The van der Waals surface area contributed by atoms with Crippen LogP contribution in [0.1, 0.15) is 18.9 Å². The second-order valence-corrected chi connectivity index (χ2v) is 6.08. The molecule has 0 aliphatic carbocycles. The van der Waals surface area contributed by atoms with Gasteiger partial charge in [-0.05, 0) is 48.9 Å². The highest BCUT2D eigenvalue weighted by atomic mass is 35.5. The van der Waals surface area contributed by atoms with Crippen molar-refractivity contribution in [2.24, 2.45) is 5.10 Å². The van der Waals surface area contributed by atoms with Crippen molar-refractivity contribution in [3.05, 3.63) is 59.1 Å². The quantitative estimate of drug-likeness (QED) is 0.576. The van der Waals surface area contributed by atoms with Crippen LogP contribution in [0.2, 0.25) is 5.02 Å². The van der Waals surface area contributed by atoms with Crippen molar-refractivity contribution >= 4 is 34.8 Å². The maximum Gasteiger partial charge on any atom is 0.244 e. The predicted molar refractivity (Wildman–Crippen MR) is 103 cm³/mol. The van der Waals surface area contributed by atoms with Gasteiger partial charge in [-0.2, -0.15) is 5.10 Å². The molecule has 26 heavy (non-hydrogen) atoms. The Kier molecular flexibility index (Phi) is 7.17. The molecule has 0 aliphatic heterocycles. The SMILES string of the molecule is COc1ccc(CC(=O)N/N=C(/C)CC(=O)Nc2ccc(Cl)cc2)cc1. The molecule has 6 nitrogen and oxygen atoms in total. The number of hydrazone groups is 1. The van der Waals surface area contributed by atoms with E-state index in [1.54, 1.807) is 50.4 Å². The monoisotopic (exact) mass is 373 g/mol. The van der Waals surface area contributed by atoms with Crippen LogP contribution in [0.15, 0.2) is 53.6 Å². The van der Waals surface area contributed by atoms with Gasteiger partial charge in [0.1, 0.15) is 5.75 Å². The number of halogens is 1. The van der Waals surface area contributed by atoms with Crippen molar-refractivity contribution in [1.29, 1.82) is 0 Å². The summed E-state index contributed by atoms with van der Waals surface area (Å²) >= 11 is 5.80. The molecule has 2 aromatic rings. The summed E-state index contributed by atoms with van der Waals surface area (Å²) in [6.45, 7) is 1.68. The minimum atomic E-state index is -0.257. The maximum atomic E-state index is 12.0. The van der Waals surface area contributed by atoms with Crippen molar-refractivity contribution in [1.82, 2.24) is 5.43 Å². The van der Waals surface area contributed by atoms with Crippen LogP contribution in [0.25, 0.3) is 0 Å². The molecule has 0 saturated heterocycles.